The molecule has 1 aliphatic rings. The Bertz CT molecular complexity index is 170. The molecule has 0 bridgehead atoms. The van der Waals surface area contributed by atoms with E-state index < -0.39 is 0 Å². The molecule has 82 valence electrons. The van der Waals surface area contributed by atoms with Gasteiger partial charge >= 0.3 is 0 Å². The third-order valence-corrected chi connectivity index (χ3v) is 2.76. The van der Waals surface area contributed by atoms with Gasteiger partial charge in [-0.15, -0.1) is 31.2 Å². The minimum Gasteiger partial charge on any atom is -0.269 e. The zero-order valence-electron chi connectivity index (χ0n) is 8.41. The van der Waals surface area contributed by atoms with Crippen LogP contribution in [0.4, 0.5) is 0 Å². The van der Waals surface area contributed by atoms with Crippen molar-refractivity contribution in [3.63, 3.8) is 0 Å². The van der Waals surface area contributed by atoms with Gasteiger partial charge in [0.2, 0.25) is 0 Å². The van der Waals surface area contributed by atoms with Crippen LogP contribution in [0.15, 0.2) is 17.7 Å². The third-order valence-electron chi connectivity index (χ3n) is 1.67. The maximum atomic E-state index is 3.32. The van der Waals surface area contributed by atoms with Crippen molar-refractivity contribution in [2.24, 2.45) is 0 Å². The van der Waals surface area contributed by atoms with Crippen LogP contribution in [-0.2, 0) is 21.7 Å². The second-order valence-corrected chi connectivity index (χ2v) is 3.82. The fourth-order valence-corrected chi connectivity index (χ4v) is 2.03. The van der Waals surface area contributed by atoms with Gasteiger partial charge in [0.1, 0.15) is 0 Å². The summed E-state index contributed by atoms with van der Waals surface area (Å²) in [5.74, 6) is 2.46. The van der Waals surface area contributed by atoms with Crippen LogP contribution in [0.3, 0.4) is 0 Å². The van der Waals surface area contributed by atoms with Crippen molar-refractivity contribution in [1.82, 2.24) is 0 Å². The van der Waals surface area contributed by atoms with E-state index >= 15 is 0 Å². The van der Waals surface area contributed by atoms with Crippen molar-refractivity contribution < 1.29 is 21.7 Å². The van der Waals surface area contributed by atoms with Gasteiger partial charge in [-0.2, -0.15) is 17.8 Å². The summed E-state index contributed by atoms with van der Waals surface area (Å²) in [5, 5.41) is 0. The molecule has 1 rings (SSSR count). The summed E-state index contributed by atoms with van der Waals surface area (Å²) in [7, 11) is 0. The molecule has 0 saturated carbocycles. The Morgan fingerprint density at radius 3 is 2.64 bits per heavy atom. The Morgan fingerprint density at radius 2 is 2.14 bits per heavy atom. The monoisotopic (exact) mass is 287 g/mol. The first-order valence-electron chi connectivity index (χ1n) is 4.27. The molecule has 0 saturated heterocycles. The summed E-state index contributed by atoms with van der Waals surface area (Å²) in [4.78, 5) is 0. The van der Waals surface area contributed by atoms with Gasteiger partial charge in [-0.05, 0) is 17.9 Å². The average Bonchev–Trinajstić information content (AvgIpc) is 2.50. The molecular weight excluding hydrogens is 271 g/mol. The van der Waals surface area contributed by atoms with E-state index in [0.29, 0.717) is 0 Å². The van der Waals surface area contributed by atoms with Crippen LogP contribution in [-0.4, -0.2) is 11.5 Å². The van der Waals surface area contributed by atoms with E-state index in [-0.39, 0.29) is 46.5 Å². The van der Waals surface area contributed by atoms with Gasteiger partial charge in [-0.3, -0.25) is 6.08 Å². The first-order chi connectivity index (χ1) is 5.43. The molecular formula is C10H17Cl2STi-. The van der Waals surface area contributed by atoms with Crippen LogP contribution in [0, 0.1) is 6.08 Å². The summed E-state index contributed by atoms with van der Waals surface area (Å²) in [6, 6.07) is 0. The van der Waals surface area contributed by atoms with E-state index in [0.717, 1.165) is 12.2 Å². The van der Waals surface area contributed by atoms with E-state index in [1.807, 2.05) is 11.8 Å². The molecule has 4 heteroatoms. The van der Waals surface area contributed by atoms with Gasteiger partial charge in [0.15, 0.2) is 0 Å². The molecule has 0 aromatic rings. The van der Waals surface area contributed by atoms with Crippen LogP contribution in [0.25, 0.3) is 0 Å². The molecule has 0 fully saturated rings. The van der Waals surface area contributed by atoms with Crippen molar-refractivity contribution in [1.29, 1.82) is 0 Å². The second-order valence-electron chi connectivity index (χ2n) is 2.71. The Balaban J connectivity index is -0.000000403. The van der Waals surface area contributed by atoms with Crippen molar-refractivity contribution in [3.05, 3.63) is 23.8 Å². The van der Waals surface area contributed by atoms with Gasteiger partial charge in [-0.25, -0.2) is 11.6 Å². The Hall–Kier alpha value is 1.12. The Morgan fingerprint density at radius 1 is 1.43 bits per heavy atom. The van der Waals surface area contributed by atoms with Gasteiger partial charge in [0.05, 0.1) is 0 Å². The van der Waals surface area contributed by atoms with Crippen LogP contribution in [0.2, 0.25) is 0 Å². The molecule has 14 heavy (non-hydrogen) atoms. The number of unbranched alkanes of at least 4 members (excludes halogenated alkanes) is 1. The van der Waals surface area contributed by atoms with E-state index in [2.05, 4.69) is 25.2 Å². The average molecular weight is 288 g/mol. The number of halogens is 2. The molecule has 0 radical (unpaired) electrons. The van der Waals surface area contributed by atoms with Crippen molar-refractivity contribution in [2.45, 2.75) is 26.2 Å². The molecule has 0 aromatic carbocycles. The molecule has 0 heterocycles. The van der Waals surface area contributed by atoms with E-state index in [4.69, 9.17) is 0 Å². The van der Waals surface area contributed by atoms with E-state index in [1.165, 1.54) is 24.2 Å². The van der Waals surface area contributed by atoms with Crippen LogP contribution in [0.5, 0.6) is 0 Å². The first kappa shape index (κ1) is 20.5. The maximum Gasteiger partial charge on any atom is 0 e. The predicted molar refractivity (Wildman–Crippen MR) is 67.2 cm³/mol. The molecule has 0 aliphatic heterocycles. The smallest absolute Gasteiger partial charge is 0 e. The third kappa shape index (κ3) is 9.67. The van der Waals surface area contributed by atoms with Crippen molar-refractivity contribution in [3.8, 4) is 0 Å². The fourth-order valence-electron chi connectivity index (χ4n) is 0.978. The minimum absolute atomic E-state index is 0. The number of rotatable bonds is 5. The zero-order valence-corrected chi connectivity index (χ0v) is 12.4. The summed E-state index contributed by atoms with van der Waals surface area (Å²) in [6.45, 7) is 2.24. The molecule has 0 nitrogen and oxygen atoms in total. The minimum atomic E-state index is 0. The van der Waals surface area contributed by atoms with E-state index in [9.17, 15) is 0 Å². The van der Waals surface area contributed by atoms with Gasteiger partial charge in [0, 0.05) is 21.7 Å². The quantitative estimate of drug-likeness (QED) is 0.418. The Labute approximate surface area is 119 Å². The fraction of sp³-hybridized carbons (Fsp3) is 0.600. The topological polar surface area (TPSA) is 0 Å². The van der Waals surface area contributed by atoms with Gasteiger partial charge in [0.25, 0.3) is 0 Å². The van der Waals surface area contributed by atoms with Crippen LogP contribution < -0.4 is 0 Å². The summed E-state index contributed by atoms with van der Waals surface area (Å²) in [5.41, 5.74) is 1.39. The number of allylic oxidation sites excluding steroid dienone is 3. The first-order valence-corrected chi connectivity index (χ1v) is 5.43. The maximum absolute atomic E-state index is 3.32. The summed E-state index contributed by atoms with van der Waals surface area (Å²) in [6.07, 6.45) is 11.4. The molecule has 0 aromatic heterocycles. The Kier molecular flexibility index (Phi) is 20.7. The van der Waals surface area contributed by atoms with Gasteiger partial charge < -0.3 is 0 Å². The largest absolute Gasteiger partial charge is 0.269 e. The molecule has 0 atom stereocenters. The second kappa shape index (κ2) is 14.1. The zero-order chi connectivity index (χ0) is 7.94. The summed E-state index contributed by atoms with van der Waals surface area (Å²) < 4.78 is 0. The number of hydrogen-bond donors (Lipinski definition) is 0. The summed E-state index contributed by atoms with van der Waals surface area (Å²) >= 11 is 2.02. The molecule has 1 aliphatic carbocycles. The van der Waals surface area contributed by atoms with E-state index in [1.54, 1.807) is 0 Å². The van der Waals surface area contributed by atoms with Gasteiger partial charge in [-0.1, -0.05) is 13.3 Å². The normalized spacial score (nSPS) is 12.2. The molecule has 0 spiro atoms. The van der Waals surface area contributed by atoms with Crippen LogP contribution >= 0.6 is 36.6 Å². The number of hydrogen-bond acceptors (Lipinski definition) is 1. The molecule has 0 N–H and O–H groups in total. The molecule has 0 amide bonds. The molecule has 0 unspecified atom stereocenters. The van der Waals surface area contributed by atoms with Crippen molar-refractivity contribution in [2.75, 3.05) is 11.5 Å². The predicted octanol–water partition coefficient (Wildman–Crippen LogP) is 4.05. The van der Waals surface area contributed by atoms with Crippen molar-refractivity contribution >= 4 is 36.6 Å². The SMILES string of the molecule is CCCCSCC1=[C-]CC=C1.Cl.Cl.[Ti]. The van der Waals surface area contributed by atoms with Crippen LogP contribution in [0.1, 0.15) is 26.2 Å². The standard InChI is InChI=1S/C10H15S.2ClH.Ti/c1-2-3-8-11-9-10-6-4-5-7-10;;;/h4,6H,2-3,5,8-9H2,1H3;2*1H;/q-1;;;. The number of thioether (sulfide) groups is 1.